The van der Waals surface area contributed by atoms with Gasteiger partial charge < -0.3 is 21.7 Å². The van der Waals surface area contributed by atoms with Crippen molar-refractivity contribution in [2.75, 3.05) is 0 Å². The molecule has 10 heavy (non-hydrogen) atoms. The lowest BCUT2D eigenvalue weighted by molar-refractivity contribution is -0.0319. The van der Waals surface area contributed by atoms with Crippen molar-refractivity contribution in [2.45, 2.75) is 37.1 Å². The maximum Gasteiger partial charge on any atom is 0.0964 e. The molecule has 1 aliphatic rings. The van der Waals surface area contributed by atoms with E-state index in [-0.39, 0.29) is 12.1 Å². The summed E-state index contributed by atoms with van der Waals surface area (Å²) in [7, 11) is 0. The Labute approximate surface area is 59.8 Å². The molecule has 0 aliphatic heterocycles. The molecule has 1 rings (SSSR count). The fourth-order valence-corrected chi connectivity index (χ4v) is 1.23. The van der Waals surface area contributed by atoms with Crippen molar-refractivity contribution >= 4 is 0 Å². The monoisotopic (exact) mass is 146 g/mol. The van der Waals surface area contributed by atoms with Crippen LogP contribution in [0.1, 0.15) is 12.8 Å². The van der Waals surface area contributed by atoms with Crippen LogP contribution in [0.2, 0.25) is 0 Å². The fraction of sp³-hybridized carbons (Fsp3) is 1.00. The maximum atomic E-state index is 9.16. The molecule has 1 aliphatic carbocycles. The van der Waals surface area contributed by atoms with Crippen molar-refractivity contribution in [1.29, 1.82) is 0 Å². The van der Waals surface area contributed by atoms with Crippen LogP contribution in [-0.2, 0) is 0 Å². The zero-order chi connectivity index (χ0) is 7.72. The summed E-state index contributed by atoms with van der Waals surface area (Å²) < 4.78 is 0. The molecule has 0 heterocycles. The van der Waals surface area contributed by atoms with E-state index in [2.05, 4.69) is 0 Å². The smallest absolute Gasteiger partial charge is 0.0964 e. The second-order valence-electron chi connectivity index (χ2n) is 2.89. The number of rotatable bonds is 0. The summed E-state index contributed by atoms with van der Waals surface area (Å²) in [6.07, 6.45) is -0.300. The molecule has 4 atom stereocenters. The Morgan fingerprint density at radius 2 is 1.20 bits per heavy atom. The highest BCUT2D eigenvalue weighted by molar-refractivity contribution is 4.91. The van der Waals surface area contributed by atoms with Crippen LogP contribution in [0.5, 0.6) is 0 Å². The van der Waals surface area contributed by atoms with Gasteiger partial charge in [-0.1, -0.05) is 0 Å². The van der Waals surface area contributed by atoms with E-state index >= 15 is 0 Å². The summed E-state index contributed by atoms with van der Waals surface area (Å²) in [5.41, 5.74) is 10.9. The molecule has 1 fully saturated rings. The molecule has 1 saturated carbocycles. The van der Waals surface area contributed by atoms with Crippen LogP contribution < -0.4 is 11.5 Å². The first-order chi connectivity index (χ1) is 4.63. The first-order valence-corrected chi connectivity index (χ1v) is 3.50. The van der Waals surface area contributed by atoms with E-state index in [0.29, 0.717) is 12.8 Å². The maximum absolute atomic E-state index is 9.16. The van der Waals surface area contributed by atoms with Gasteiger partial charge >= 0.3 is 0 Å². The molecule has 4 nitrogen and oxygen atoms in total. The van der Waals surface area contributed by atoms with Crippen LogP contribution in [0.15, 0.2) is 0 Å². The van der Waals surface area contributed by atoms with E-state index in [9.17, 15) is 0 Å². The van der Waals surface area contributed by atoms with Gasteiger partial charge in [-0.25, -0.2) is 0 Å². The normalized spacial score (nSPS) is 49.2. The molecule has 0 amide bonds. The van der Waals surface area contributed by atoms with Gasteiger partial charge in [0.15, 0.2) is 0 Å². The Hall–Kier alpha value is -0.160. The predicted octanol–water partition coefficient (Wildman–Crippen LogP) is -1.84. The lowest BCUT2D eigenvalue weighted by Gasteiger charge is -2.33. The number of aliphatic hydroxyl groups excluding tert-OH is 2. The molecule has 0 aromatic rings. The van der Waals surface area contributed by atoms with E-state index in [1.165, 1.54) is 0 Å². The number of aliphatic hydroxyl groups is 2. The van der Waals surface area contributed by atoms with E-state index in [1.807, 2.05) is 0 Å². The van der Waals surface area contributed by atoms with Crippen molar-refractivity contribution in [1.82, 2.24) is 0 Å². The van der Waals surface area contributed by atoms with Gasteiger partial charge in [0.1, 0.15) is 0 Å². The van der Waals surface area contributed by atoms with Crippen LogP contribution >= 0.6 is 0 Å². The summed E-state index contributed by atoms with van der Waals surface area (Å²) >= 11 is 0. The third kappa shape index (κ3) is 1.29. The van der Waals surface area contributed by atoms with Crippen LogP contribution in [-0.4, -0.2) is 34.5 Å². The van der Waals surface area contributed by atoms with Crippen LogP contribution in [0.3, 0.4) is 0 Å². The minimum Gasteiger partial charge on any atom is -0.389 e. The largest absolute Gasteiger partial charge is 0.389 e. The van der Waals surface area contributed by atoms with Gasteiger partial charge in [0, 0.05) is 12.1 Å². The standard InChI is InChI=1S/C6H14N2O2/c7-3-1-2-4(8)6(10)5(3)9/h3-6,9-10H,1-2,7-8H2/t3-,4+,5-,6+. The molecular formula is C6H14N2O2. The molecule has 0 aromatic carbocycles. The van der Waals surface area contributed by atoms with Crippen molar-refractivity contribution in [3.8, 4) is 0 Å². The van der Waals surface area contributed by atoms with E-state index in [0.717, 1.165) is 0 Å². The summed E-state index contributed by atoms with van der Waals surface area (Å²) in [6.45, 7) is 0. The number of hydrogen-bond donors (Lipinski definition) is 4. The van der Waals surface area contributed by atoms with Crippen molar-refractivity contribution in [3.63, 3.8) is 0 Å². The Kier molecular flexibility index (Phi) is 2.25. The first-order valence-electron chi connectivity index (χ1n) is 3.50. The van der Waals surface area contributed by atoms with Gasteiger partial charge in [0.25, 0.3) is 0 Å². The lowest BCUT2D eigenvalue weighted by Crippen LogP contribution is -2.55. The van der Waals surface area contributed by atoms with Gasteiger partial charge in [-0.3, -0.25) is 0 Å². The fourth-order valence-electron chi connectivity index (χ4n) is 1.23. The molecule has 0 bridgehead atoms. The predicted molar refractivity (Wildman–Crippen MR) is 37.2 cm³/mol. The molecule has 0 radical (unpaired) electrons. The average molecular weight is 146 g/mol. The molecule has 4 heteroatoms. The van der Waals surface area contributed by atoms with Crippen molar-refractivity contribution in [2.24, 2.45) is 11.5 Å². The van der Waals surface area contributed by atoms with E-state index < -0.39 is 12.2 Å². The average Bonchev–Trinajstić information content (AvgIpc) is 1.93. The summed E-state index contributed by atoms with van der Waals surface area (Å²) in [5.74, 6) is 0. The molecule has 0 unspecified atom stereocenters. The van der Waals surface area contributed by atoms with E-state index in [4.69, 9.17) is 21.7 Å². The molecular weight excluding hydrogens is 132 g/mol. The van der Waals surface area contributed by atoms with Gasteiger partial charge in [-0.15, -0.1) is 0 Å². The third-order valence-corrected chi connectivity index (χ3v) is 2.06. The summed E-state index contributed by atoms with van der Waals surface area (Å²) in [4.78, 5) is 0. The highest BCUT2D eigenvalue weighted by Crippen LogP contribution is 2.16. The molecule has 0 saturated heterocycles. The molecule has 0 spiro atoms. The quantitative estimate of drug-likeness (QED) is 0.323. The number of nitrogens with two attached hydrogens (primary N) is 2. The van der Waals surface area contributed by atoms with Crippen molar-refractivity contribution in [3.05, 3.63) is 0 Å². The van der Waals surface area contributed by atoms with Gasteiger partial charge in [-0.05, 0) is 12.8 Å². The van der Waals surface area contributed by atoms with Gasteiger partial charge in [0.2, 0.25) is 0 Å². The van der Waals surface area contributed by atoms with Gasteiger partial charge in [0.05, 0.1) is 12.2 Å². The highest BCUT2D eigenvalue weighted by atomic mass is 16.3. The summed E-state index contributed by atoms with van der Waals surface area (Å²) in [5, 5.41) is 18.3. The third-order valence-electron chi connectivity index (χ3n) is 2.06. The molecule has 0 aromatic heterocycles. The highest BCUT2D eigenvalue weighted by Gasteiger charge is 2.33. The molecule has 60 valence electrons. The van der Waals surface area contributed by atoms with E-state index in [1.54, 1.807) is 0 Å². The second-order valence-corrected chi connectivity index (χ2v) is 2.89. The first kappa shape index (κ1) is 7.94. The zero-order valence-electron chi connectivity index (χ0n) is 5.77. The SMILES string of the molecule is N[C@@H]1CC[C@H](N)[C@H](O)[C@@H]1O. The topological polar surface area (TPSA) is 92.5 Å². The molecule has 6 N–H and O–H groups in total. The minimum atomic E-state index is -0.844. The zero-order valence-corrected chi connectivity index (χ0v) is 5.77. The number of hydrogen-bond acceptors (Lipinski definition) is 4. The van der Waals surface area contributed by atoms with Gasteiger partial charge in [-0.2, -0.15) is 0 Å². The Morgan fingerprint density at radius 1 is 0.900 bits per heavy atom. The van der Waals surface area contributed by atoms with Crippen molar-refractivity contribution < 1.29 is 10.2 Å². The second kappa shape index (κ2) is 2.84. The lowest BCUT2D eigenvalue weighted by atomic mass is 9.87. The summed E-state index contributed by atoms with van der Waals surface area (Å²) in [6, 6.07) is -0.621. The minimum absolute atomic E-state index is 0.310. The Bertz CT molecular complexity index is 106. The Morgan fingerprint density at radius 3 is 1.50 bits per heavy atom. The van der Waals surface area contributed by atoms with Crippen LogP contribution in [0, 0.1) is 0 Å². The Balaban J connectivity index is 2.52. The van der Waals surface area contributed by atoms with Crippen LogP contribution in [0.25, 0.3) is 0 Å². The van der Waals surface area contributed by atoms with Crippen LogP contribution in [0.4, 0.5) is 0 Å².